The Balaban J connectivity index is 1.64. The molecule has 1 unspecified atom stereocenters. The Morgan fingerprint density at radius 2 is 1.86 bits per heavy atom. The van der Waals surface area contributed by atoms with Gasteiger partial charge in [0.25, 0.3) is 5.91 Å². The van der Waals surface area contributed by atoms with E-state index in [0.29, 0.717) is 31.0 Å². The molecule has 0 radical (unpaired) electrons. The van der Waals surface area contributed by atoms with Gasteiger partial charge in [0.2, 0.25) is 5.91 Å². The molecule has 0 bridgehead atoms. The molecule has 1 N–H and O–H groups in total. The van der Waals surface area contributed by atoms with Gasteiger partial charge in [0.15, 0.2) is 0 Å². The van der Waals surface area contributed by atoms with Crippen LogP contribution in [0.5, 0.6) is 5.75 Å². The number of esters is 1. The minimum absolute atomic E-state index is 0.0669. The van der Waals surface area contributed by atoms with Crippen molar-refractivity contribution in [3.63, 3.8) is 0 Å². The van der Waals surface area contributed by atoms with Crippen LogP contribution in [0.4, 0.5) is 0 Å². The summed E-state index contributed by atoms with van der Waals surface area (Å²) in [5.41, 5.74) is 0.467. The lowest BCUT2D eigenvalue weighted by Crippen LogP contribution is -2.58. The minimum Gasteiger partial charge on any atom is -0.494 e. The van der Waals surface area contributed by atoms with E-state index in [1.807, 2.05) is 6.92 Å². The van der Waals surface area contributed by atoms with Crippen LogP contribution in [0.25, 0.3) is 0 Å². The highest BCUT2D eigenvalue weighted by atomic mass is 16.5. The molecule has 1 atom stereocenters. The number of nitrogens with one attached hydrogen (secondary N) is 1. The van der Waals surface area contributed by atoms with Gasteiger partial charge in [-0.15, -0.1) is 0 Å². The molecule has 29 heavy (non-hydrogen) atoms. The number of nitrogens with zero attached hydrogens (tertiary/aromatic N) is 1. The van der Waals surface area contributed by atoms with E-state index in [4.69, 9.17) is 9.47 Å². The first-order valence-electron chi connectivity index (χ1n) is 10.6. The van der Waals surface area contributed by atoms with E-state index in [1.54, 1.807) is 24.3 Å². The largest absolute Gasteiger partial charge is 0.494 e. The maximum absolute atomic E-state index is 13.0. The quantitative estimate of drug-likeness (QED) is 0.709. The topological polar surface area (TPSA) is 84.9 Å². The second kappa shape index (κ2) is 10.3. The fraction of sp³-hybridized carbons (Fsp3) is 0.591. The number of amides is 2. The van der Waals surface area contributed by atoms with Gasteiger partial charge in [-0.2, -0.15) is 0 Å². The Bertz CT molecular complexity index is 712. The zero-order chi connectivity index (χ0) is 20.6. The van der Waals surface area contributed by atoms with Crippen LogP contribution in [0.3, 0.4) is 0 Å². The van der Waals surface area contributed by atoms with Gasteiger partial charge >= 0.3 is 5.97 Å². The highest BCUT2D eigenvalue weighted by molar-refractivity contribution is 5.99. The SMILES string of the molecule is CCCOc1ccc(C(=O)N2CCNC(=O)C2CC(=O)OC2CCCCC2)cc1. The summed E-state index contributed by atoms with van der Waals surface area (Å²) >= 11 is 0. The van der Waals surface area contributed by atoms with Gasteiger partial charge in [0.05, 0.1) is 13.0 Å². The molecular weight excluding hydrogens is 372 g/mol. The van der Waals surface area contributed by atoms with Gasteiger partial charge in [0, 0.05) is 18.7 Å². The molecule has 7 heteroatoms. The summed E-state index contributed by atoms with van der Waals surface area (Å²) in [5, 5.41) is 2.75. The van der Waals surface area contributed by atoms with Crippen molar-refractivity contribution in [1.82, 2.24) is 10.2 Å². The molecule has 3 rings (SSSR count). The normalized spacial score (nSPS) is 20.1. The Labute approximate surface area is 171 Å². The highest BCUT2D eigenvalue weighted by Crippen LogP contribution is 2.22. The third kappa shape index (κ3) is 5.71. The Morgan fingerprint density at radius 3 is 2.55 bits per heavy atom. The first-order valence-corrected chi connectivity index (χ1v) is 10.6. The summed E-state index contributed by atoms with van der Waals surface area (Å²) in [7, 11) is 0. The molecule has 7 nitrogen and oxygen atoms in total. The number of benzene rings is 1. The first-order chi connectivity index (χ1) is 14.1. The van der Waals surface area contributed by atoms with E-state index in [1.165, 1.54) is 11.3 Å². The molecule has 2 aliphatic rings. The van der Waals surface area contributed by atoms with Crippen LogP contribution in [0, 0.1) is 0 Å². The first kappa shape index (κ1) is 21.1. The molecule has 1 saturated heterocycles. The van der Waals surface area contributed by atoms with Crippen molar-refractivity contribution >= 4 is 17.8 Å². The van der Waals surface area contributed by atoms with E-state index >= 15 is 0 Å². The molecule has 1 heterocycles. The molecule has 2 fully saturated rings. The maximum atomic E-state index is 13.0. The Kier molecular flexibility index (Phi) is 7.49. The smallest absolute Gasteiger partial charge is 0.308 e. The van der Waals surface area contributed by atoms with Gasteiger partial charge < -0.3 is 19.7 Å². The summed E-state index contributed by atoms with van der Waals surface area (Å²) in [4.78, 5) is 39.3. The molecule has 0 spiro atoms. The van der Waals surface area contributed by atoms with E-state index in [0.717, 1.165) is 32.1 Å². The van der Waals surface area contributed by atoms with Crippen LogP contribution in [0.2, 0.25) is 0 Å². The standard InChI is InChI=1S/C22H30N2O5/c1-2-14-28-17-10-8-16(9-11-17)22(27)24-13-12-23-21(26)19(24)15-20(25)29-18-6-4-3-5-7-18/h8-11,18-19H,2-7,12-15H2,1H3,(H,23,26). The predicted octanol–water partition coefficient (Wildman–Crippen LogP) is 2.68. The van der Waals surface area contributed by atoms with Gasteiger partial charge in [-0.1, -0.05) is 13.3 Å². The summed E-state index contributed by atoms with van der Waals surface area (Å²) in [5.74, 6) is -0.294. The third-order valence-corrected chi connectivity index (χ3v) is 5.38. The van der Waals surface area contributed by atoms with Crippen LogP contribution in [-0.2, 0) is 14.3 Å². The average Bonchev–Trinajstić information content (AvgIpc) is 2.74. The molecule has 1 aliphatic heterocycles. The zero-order valence-electron chi connectivity index (χ0n) is 17.0. The fourth-order valence-corrected chi connectivity index (χ4v) is 3.82. The van der Waals surface area contributed by atoms with Crippen molar-refractivity contribution in [3.05, 3.63) is 29.8 Å². The molecule has 158 valence electrons. The van der Waals surface area contributed by atoms with E-state index in [2.05, 4.69) is 5.32 Å². The number of carbonyl (C=O) groups excluding carboxylic acids is 3. The maximum Gasteiger partial charge on any atom is 0.308 e. The minimum atomic E-state index is -0.844. The van der Waals surface area contributed by atoms with Crippen LogP contribution >= 0.6 is 0 Å². The van der Waals surface area contributed by atoms with Crippen LogP contribution < -0.4 is 10.1 Å². The van der Waals surface area contributed by atoms with E-state index in [-0.39, 0.29) is 24.3 Å². The summed E-state index contributed by atoms with van der Waals surface area (Å²) in [6, 6.07) is 6.04. The second-order valence-electron chi connectivity index (χ2n) is 7.63. The van der Waals surface area contributed by atoms with Crippen molar-refractivity contribution < 1.29 is 23.9 Å². The van der Waals surface area contributed by atoms with Crippen molar-refractivity contribution in [3.8, 4) is 5.75 Å². The van der Waals surface area contributed by atoms with Crippen molar-refractivity contribution in [2.75, 3.05) is 19.7 Å². The van der Waals surface area contributed by atoms with Crippen LogP contribution in [0.1, 0.15) is 62.2 Å². The van der Waals surface area contributed by atoms with Gasteiger partial charge in [0.1, 0.15) is 17.9 Å². The molecule has 1 saturated carbocycles. The number of rotatable bonds is 7. The van der Waals surface area contributed by atoms with Gasteiger partial charge in [-0.3, -0.25) is 14.4 Å². The lowest BCUT2D eigenvalue weighted by Gasteiger charge is -2.35. The Morgan fingerprint density at radius 1 is 1.14 bits per heavy atom. The molecule has 1 aromatic rings. The van der Waals surface area contributed by atoms with Crippen LogP contribution in [0.15, 0.2) is 24.3 Å². The van der Waals surface area contributed by atoms with Crippen LogP contribution in [-0.4, -0.2) is 54.5 Å². The summed E-state index contributed by atoms with van der Waals surface area (Å²) in [6.07, 6.45) is 5.75. The number of ether oxygens (including phenoxy) is 2. The molecule has 0 aromatic heterocycles. The van der Waals surface area contributed by atoms with E-state index < -0.39 is 12.0 Å². The number of carbonyl (C=O) groups is 3. The number of piperazine rings is 1. The third-order valence-electron chi connectivity index (χ3n) is 5.38. The molecule has 2 amide bonds. The van der Waals surface area contributed by atoms with Gasteiger partial charge in [-0.25, -0.2) is 0 Å². The predicted molar refractivity (Wildman–Crippen MR) is 108 cm³/mol. The van der Waals surface area contributed by atoms with E-state index in [9.17, 15) is 14.4 Å². The number of hydrogen-bond acceptors (Lipinski definition) is 5. The lowest BCUT2D eigenvalue weighted by atomic mass is 9.98. The lowest BCUT2D eigenvalue weighted by molar-refractivity contribution is -0.153. The monoisotopic (exact) mass is 402 g/mol. The summed E-state index contributed by atoms with van der Waals surface area (Å²) in [6.45, 7) is 3.37. The van der Waals surface area contributed by atoms with Crippen molar-refractivity contribution in [2.45, 2.75) is 64.0 Å². The fourth-order valence-electron chi connectivity index (χ4n) is 3.82. The summed E-state index contributed by atoms with van der Waals surface area (Å²) < 4.78 is 11.1. The molecule has 1 aliphatic carbocycles. The second-order valence-corrected chi connectivity index (χ2v) is 7.63. The Hall–Kier alpha value is -2.57. The molecule has 1 aromatic carbocycles. The number of hydrogen-bond donors (Lipinski definition) is 1. The highest BCUT2D eigenvalue weighted by Gasteiger charge is 2.36. The zero-order valence-corrected chi connectivity index (χ0v) is 17.0. The van der Waals surface area contributed by atoms with Gasteiger partial charge in [-0.05, 0) is 56.4 Å². The van der Waals surface area contributed by atoms with Crippen molar-refractivity contribution in [1.29, 1.82) is 0 Å². The average molecular weight is 402 g/mol. The molecular formula is C22H30N2O5. The van der Waals surface area contributed by atoms with Crippen molar-refractivity contribution in [2.24, 2.45) is 0 Å².